The quantitative estimate of drug-likeness (QED) is 0.569. The van der Waals surface area contributed by atoms with Crippen molar-refractivity contribution in [3.05, 3.63) is 58.6 Å². The summed E-state index contributed by atoms with van der Waals surface area (Å²) >= 11 is 6.17. The molecule has 0 saturated carbocycles. The molecule has 2 aromatic carbocycles. The van der Waals surface area contributed by atoms with Crippen LogP contribution in [0.1, 0.15) is 35.2 Å². The van der Waals surface area contributed by atoms with Crippen molar-refractivity contribution < 1.29 is 23.8 Å². The third-order valence-electron chi connectivity index (χ3n) is 6.99. The monoisotopic (exact) mass is 500 g/mol. The van der Waals surface area contributed by atoms with Gasteiger partial charge in [-0.15, -0.1) is 0 Å². The van der Waals surface area contributed by atoms with Gasteiger partial charge in [0.2, 0.25) is 5.91 Å². The van der Waals surface area contributed by atoms with E-state index in [9.17, 15) is 9.59 Å². The van der Waals surface area contributed by atoms with Crippen molar-refractivity contribution in [3.8, 4) is 11.5 Å². The largest absolute Gasteiger partial charge is 0.497 e. The molecule has 2 saturated heterocycles. The first kappa shape index (κ1) is 25.3. The van der Waals surface area contributed by atoms with E-state index in [2.05, 4.69) is 0 Å². The van der Waals surface area contributed by atoms with Gasteiger partial charge in [-0.05, 0) is 61.7 Å². The number of likely N-dealkylation sites (tertiary alicyclic amines) is 1. The number of ether oxygens (including phenoxy) is 3. The molecule has 35 heavy (non-hydrogen) atoms. The third-order valence-corrected chi connectivity index (χ3v) is 7.42. The lowest BCUT2D eigenvalue weighted by molar-refractivity contribution is -0.139. The Morgan fingerprint density at radius 2 is 1.74 bits per heavy atom. The predicted molar refractivity (Wildman–Crippen MR) is 134 cm³/mol. The number of amides is 2. The van der Waals surface area contributed by atoms with E-state index in [1.54, 1.807) is 19.2 Å². The molecule has 0 spiro atoms. The lowest BCUT2D eigenvalue weighted by Gasteiger charge is -2.42. The van der Waals surface area contributed by atoms with Crippen molar-refractivity contribution in [1.82, 2.24) is 9.80 Å². The first-order valence-electron chi connectivity index (χ1n) is 12.1. The molecule has 8 heteroatoms. The Morgan fingerprint density at radius 3 is 2.43 bits per heavy atom. The van der Waals surface area contributed by atoms with E-state index in [1.807, 2.05) is 47.1 Å². The average Bonchev–Trinajstić information content (AvgIpc) is 2.90. The summed E-state index contributed by atoms with van der Waals surface area (Å²) in [4.78, 5) is 30.1. The molecular formula is C27H33ClN2O5. The van der Waals surface area contributed by atoms with Crippen molar-refractivity contribution in [3.63, 3.8) is 0 Å². The summed E-state index contributed by atoms with van der Waals surface area (Å²) < 4.78 is 16.9. The van der Waals surface area contributed by atoms with Crippen LogP contribution < -0.4 is 9.47 Å². The summed E-state index contributed by atoms with van der Waals surface area (Å²) in [6, 6.07) is 12.8. The molecule has 0 unspecified atom stereocenters. The van der Waals surface area contributed by atoms with Gasteiger partial charge in [0.1, 0.15) is 11.5 Å². The highest BCUT2D eigenvalue weighted by Crippen LogP contribution is 2.37. The molecule has 0 N–H and O–H groups in total. The van der Waals surface area contributed by atoms with Crippen molar-refractivity contribution in [2.75, 3.05) is 53.1 Å². The van der Waals surface area contributed by atoms with Crippen LogP contribution in [-0.2, 0) is 9.53 Å². The van der Waals surface area contributed by atoms with Gasteiger partial charge in [0.05, 0.1) is 26.9 Å². The van der Waals surface area contributed by atoms with Crippen LogP contribution in [0.2, 0.25) is 5.02 Å². The maximum atomic E-state index is 13.2. The van der Waals surface area contributed by atoms with E-state index in [4.69, 9.17) is 25.8 Å². The maximum absolute atomic E-state index is 13.2. The van der Waals surface area contributed by atoms with Crippen LogP contribution in [0.25, 0.3) is 0 Å². The van der Waals surface area contributed by atoms with Crippen LogP contribution in [0.15, 0.2) is 42.5 Å². The van der Waals surface area contributed by atoms with Gasteiger partial charge in [-0.25, -0.2) is 0 Å². The minimum absolute atomic E-state index is 0.0220. The highest BCUT2D eigenvalue weighted by molar-refractivity contribution is 6.31. The van der Waals surface area contributed by atoms with Crippen molar-refractivity contribution in [2.45, 2.75) is 26.2 Å². The molecule has 2 heterocycles. The molecule has 0 radical (unpaired) electrons. The number of rotatable bonds is 7. The van der Waals surface area contributed by atoms with Crippen LogP contribution >= 0.6 is 11.6 Å². The van der Waals surface area contributed by atoms with Gasteiger partial charge in [-0.1, -0.05) is 17.7 Å². The number of methoxy groups -OCH3 is 1. The van der Waals surface area contributed by atoms with E-state index >= 15 is 0 Å². The zero-order valence-electron chi connectivity index (χ0n) is 20.4. The van der Waals surface area contributed by atoms with Crippen LogP contribution in [0, 0.1) is 12.3 Å². The fraction of sp³-hybridized carbons (Fsp3) is 0.481. The van der Waals surface area contributed by atoms with E-state index in [-0.39, 0.29) is 17.2 Å². The minimum Gasteiger partial charge on any atom is -0.497 e. The van der Waals surface area contributed by atoms with Gasteiger partial charge in [-0.3, -0.25) is 9.59 Å². The van der Waals surface area contributed by atoms with E-state index in [1.165, 1.54) is 0 Å². The second-order valence-corrected chi connectivity index (χ2v) is 9.80. The Hall–Kier alpha value is -2.77. The van der Waals surface area contributed by atoms with Crippen molar-refractivity contribution in [1.29, 1.82) is 0 Å². The van der Waals surface area contributed by atoms with Gasteiger partial charge < -0.3 is 24.0 Å². The Bertz CT molecular complexity index is 1050. The Morgan fingerprint density at radius 1 is 1.00 bits per heavy atom. The smallest absolute Gasteiger partial charge is 0.253 e. The number of aryl methyl sites for hydroxylation is 1. The first-order chi connectivity index (χ1) is 16.9. The lowest BCUT2D eigenvalue weighted by atomic mass is 9.75. The Kier molecular flexibility index (Phi) is 8.19. The van der Waals surface area contributed by atoms with Crippen LogP contribution in [0.3, 0.4) is 0 Å². The lowest BCUT2D eigenvalue weighted by Crippen LogP contribution is -2.49. The molecule has 0 aromatic heterocycles. The zero-order valence-corrected chi connectivity index (χ0v) is 21.2. The highest BCUT2D eigenvalue weighted by Gasteiger charge is 2.40. The number of hydrogen-bond acceptors (Lipinski definition) is 5. The second kappa shape index (κ2) is 11.3. The van der Waals surface area contributed by atoms with Crippen LogP contribution in [0.5, 0.6) is 11.5 Å². The standard InChI is InChI=1S/C27H33ClN2O5/c1-20-16-23(6-7-24(20)28)35-19-27(18-25(31)29-12-14-34-15-13-29)8-10-30(11-9-27)26(32)21-4-3-5-22(17-21)33-2/h3-7,16-17H,8-15,18-19H2,1-2H3. The van der Waals surface area contributed by atoms with Crippen molar-refractivity contribution >= 4 is 23.4 Å². The molecule has 2 aliphatic heterocycles. The number of carbonyl (C=O) groups is 2. The van der Waals surface area contributed by atoms with E-state index in [0.717, 1.165) is 11.3 Å². The predicted octanol–water partition coefficient (Wildman–Crippen LogP) is 4.21. The highest BCUT2D eigenvalue weighted by atomic mass is 35.5. The number of nitrogens with zero attached hydrogens (tertiary/aromatic N) is 2. The molecule has 2 aromatic rings. The second-order valence-electron chi connectivity index (χ2n) is 9.39. The SMILES string of the molecule is COc1cccc(C(=O)N2CCC(COc3ccc(Cl)c(C)c3)(CC(=O)N3CCOCC3)CC2)c1. The summed E-state index contributed by atoms with van der Waals surface area (Å²) in [7, 11) is 1.59. The fourth-order valence-electron chi connectivity index (χ4n) is 4.68. The van der Waals surface area contributed by atoms with Gasteiger partial charge in [0, 0.05) is 48.6 Å². The van der Waals surface area contributed by atoms with Gasteiger partial charge in [0.15, 0.2) is 0 Å². The minimum atomic E-state index is -0.353. The van der Waals surface area contributed by atoms with Gasteiger partial charge in [0.25, 0.3) is 5.91 Å². The van der Waals surface area contributed by atoms with Crippen LogP contribution in [0.4, 0.5) is 0 Å². The normalized spacial score (nSPS) is 17.7. The van der Waals surface area contributed by atoms with E-state index < -0.39 is 0 Å². The maximum Gasteiger partial charge on any atom is 0.253 e. The average molecular weight is 501 g/mol. The topological polar surface area (TPSA) is 68.3 Å². The molecule has 4 rings (SSSR count). The summed E-state index contributed by atoms with van der Waals surface area (Å²) in [5.41, 5.74) is 1.20. The summed E-state index contributed by atoms with van der Waals surface area (Å²) in [6.07, 6.45) is 1.76. The van der Waals surface area contributed by atoms with E-state index in [0.29, 0.717) is 81.6 Å². The fourth-order valence-corrected chi connectivity index (χ4v) is 4.80. The molecule has 0 bridgehead atoms. The Labute approximate surface area is 211 Å². The Balaban J connectivity index is 1.46. The number of morpholine rings is 1. The molecule has 2 fully saturated rings. The molecule has 2 amide bonds. The molecule has 0 aliphatic carbocycles. The van der Waals surface area contributed by atoms with Crippen molar-refractivity contribution in [2.24, 2.45) is 5.41 Å². The number of carbonyl (C=O) groups excluding carboxylic acids is 2. The summed E-state index contributed by atoms with van der Waals surface area (Å²) in [5, 5.41) is 0.693. The zero-order chi connectivity index (χ0) is 24.8. The van der Waals surface area contributed by atoms with Crippen LogP contribution in [-0.4, -0.2) is 74.7 Å². The number of piperidine rings is 1. The van der Waals surface area contributed by atoms with Gasteiger partial charge in [-0.2, -0.15) is 0 Å². The molecule has 188 valence electrons. The molecule has 7 nitrogen and oxygen atoms in total. The molecule has 0 atom stereocenters. The molecule has 2 aliphatic rings. The first-order valence-corrected chi connectivity index (χ1v) is 12.4. The summed E-state index contributed by atoms with van der Waals surface area (Å²) in [5.74, 6) is 1.49. The number of benzene rings is 2. The number of hydrogen-bond donors (Lipinski definition) is 0. The number of halogens is 1. The molecular weight excluding hydrogens is 468 g/mol. The third kappa shape index (κ3) is 6.27. The van der Waals surface area contributed by atoms with Gasteiger partial charge >= 0.3 is 0 Å². The summed E-state index contributed by atoms with van der Waals surface area (Å²) in [6.45, 7) is 5.86.